The van der Waals surface area contributed by atoms with Gasteiger partial charge in [0, 0.05) is 0 Å². The van der Waals surface area contributed by atoms with E-state index in [9.17, 15) is 4.79 Å². The zero-order valence-electron chi connectivity index (χ0n) is 8.24. The second-order valence-corrected chi connectivity index (χ2v) is 3.11. The lowest BCUT2D eigenvalue weighted by atomic mass is 10.1. The van der Waals surface area contributed by atoms with Crippen LogP contribution in [0.4, 0.5) is 10.5 Å². The third-order valence-corrected chi connectivity index (χ3v) is 1.95. The van der Waals surface area contributed by atoms with Crippen LogP contribution in [0.5, 0.6) is 0 Å². The minimum Gasteiger partial charge on any atom is -0.274 e. The third-order valence-electron chi connectivity index (χ3n) is 1.95. The van der Waals surface area contributed by atoms with Gasteiger partial charge in [-0.2, -0.15) is 0 Å². The number of nitrogens with two attached hydrogens (primary N) is 2. The number of hydrogen-bond donors (Lipinski definition) is 3. The number of carbonyl (C=O) groups is 1. The molecule has 0 aliphatic carbocycles. The normalized spacial score (nSPS) is 9.71. The summed E-state index contributed by atoms with van der Waals surface area (Å²) in [6.45, 7) is 3.85. The number of rotatable bonds is 1. The highest BCUT2D eigenvalue weighted by Gasteiger charge is 2.11. The van der Waals surface area contributed by atoms with Gasteiger partial charge in [0.05, 0.1) is 5.69 Å². The fourth-order valence-corrected chi connectivity index (χ4v) is 1.25. The first-order valence-electron chi connectivity index (χ1n) is 4.19. The lowest BCUT2D eigenvalue weighted by molar-refractivity contribution is 0.246. The van der Waals surface area contributed by atoms with E-state index < -0.39 is 6.03 Å². The first kappa shape index (κ1) is 10.5. The van der Waals surface area contributed by atoms with E-state index in [4.69, 9.17) is 11.7 Å². The van der Waals surface area contributed by atoms with E-state index in [1.165, 1.54) is 0 Å². The van der Waals surface area contributed by atoms with Gasteiger partial charge in [0.25, 0.3) is 0 Å². The molecule has 0 spiro atoms. The van der Waals surface area contributed by atoms with E-state index in [1.54, 1.807) is 6.07 Å². The molecule has 0 aliphatic rings. The second kappa shape index (κ2) is 4.08. The summed E-state index contributed by atoms with van der Waals surface area (Å²) in [5.41, 5.74) is 4.65. The molecule has 0 radical (unpaired) electrons. The van der Waals surface area contributed by atoms with E-state index in [0.29, 0.717) is 5.69 Å². The van der Waals surface area contributed by atoms with Gasteiger partial charge in [-0.3, -0.25) is 5.43 Å². The summed E-state index contributed by atoms with van der Waals surface area (Å²) in [5.74, 6) is 10.5. The van der Waals surface area contributed by atoms with Crippen LogP contribution >= 0.6 is 0 Å². The lowest BCUT2D eigenvalue weighted by Crippen LogP contribution is -2.47. The Hall–Kier alpha value is -1.59. The minimum atomic E-state index is -0.544. The summed E-state index contributed by atoms with van der Waals surface area (Å²) < 4.78 is 0. The summed E-state index contributed by atoms with van der Waals surface area (Å²) >= 11 is 0. The summed E-state index contributed by atoms with van der Waals surface area (Å²) in [7, 11) is 0. The second-order valence-electron chi connectivity index (χ2n) is 3.11. The fraction of sp³-hybridized carbons (Fsp3) is 0.222. The molecule has 0 aliphatic heterocycles. The number of hydrogen-bond acceptors (Lipinski definition) is 3. The molecule has 14 heavy (non-hydrogen) atoms. The van der Waals surface area contributed by atoms with Gasteiger partial charge in [0.1, 0.15) is 0 Å². The largest absolute Gasteiger partial charge is 0.350 e. The predicted molar refractivity (Wildman–Crippen MR) is 55.3 cm³/mol. The zero-order valence-corrected chi connectivity index (χ0v) is 8.24. The van der Waals surface area contributed by atoms with Crippen molar-refractivity contribution in [3.05, 3.63) is 29.3 Å². The number of nitrogens with zero attached hydrogens (tertiary/aromatic N) is 1. The van der Waals surface area contributed by atoms with Crippen LogP contribution in [0.2, 0.25) is 0 Å². The molecule has 5 N–H and O–H groups in total. The first-order chi connectivity index (χ1) is 6.56. The molecule has 5 heteroatoms. The molecule has 0 unspecified atom stereocenters. The van der Waals surface area contributed by atoms with Crippen LogP contribution in [-0.4, -0.2) is 6.03 Å². The van der Waals surface area contributed by atoms with Crippen molar-refractivity contribution in [2.45, 2.75) is 13.8 Å². The van der Waals surface area contributed by atoms with Crippen LogP contribution in [0.3, 0.4) is 0 Å². The Morgan fingerprint density at radius 1 is 1.43 bits per heavy atom. The van der Waals surface area contributed by atoms with Gasteiger partial charge in [-0.05, 0) is 25.5 Å². The van der Waals surface area contributed by atoms with E-state index >= 15 is 0 Å². The van der Waals surface area contributed by atoms with Crippen molar-refractivity contribution in [3.63, 3.8) is 0 Å². The maximum absolute atomic E-state index is 11.1. The number of hydrazine groups is 2. The summed E-state index contributed by atoms with van der Waals surface area (Å²) in [6.07, 6.45) is 0. The van der Waals surface area contributed by atoms with Crippen molar-refractivity contribution in [1.29, 1.82) is 0 Å². The van der Waals surface area contributed by atoms with Gasteiger partial charge in [-0.15, -0.1) is 0 Å². The molecule has 0 saturated heterocycles. The van der Waals surface area contributed by atoms with Crippen molar-refractivity contribution in [2.75, 3.05) is 5.01 Å². The van der Waals surface area contributed by atoms with Crippen LogP contribution in [0.1, 0.15) is 11.1 Å². The van der Waals surface area contributed by atoms with Gasteiger partial charge in [-0.25, -0.2) is 21.5 Å². The first-order valence-corrected chi connectivity index (χ1v) is 4.19. The van der Waals surface area contributed by atoms with Gasteiger partial charge in [0.15, 0.2) is 0 Å². The monoisotopic (exact) mass is 194 g/mol. The molecule has 0 fully saturated rings. The SMILES string of the molecule is Cc1ccc(N(N)C(=O)NN)c(C)c1. The standard InChI is InChI=1S/C9H14N4O/c1-6-3-4-8(7(2)5-6)13(11)9(14)12-10/h3-5H,10-11H2,1-2H3,(H,12,14). The Bertz CT molecular complexity index is 351. The highest BCUT2D eigenvalue weighted by Crippen LogP contribution is 2.18. The molecule has 0 aromatic heterocycles. The Morgan fingerprint density at radius 3 is 2.57 bits per heavy atom. The highest BCUT2D eigenvalue weighted by atomic mass is 16.2. The van der Waals surface area contributed by atoms with E-state index in [2.05, 4.69) is 0 Å². The third kappa shape index (κ3) is 2.01. The highest BCUT2D eigenvalue weighted by molar-refractivity contribution is 5.91. The molecular formula is C9H14N4O. The summed E-state index contributed by atoms with van der Waals surface area (Å²) in [4.78, 5) is 11.1. The molecule has 1 aromatic rings. The van der Waals surface area contributed by atoms with Gasteiger partial charge >= 0.3 is 6.03 Å². The number of nitrogens with one attached hydrogen (secondary N) is 1. The van der Waals surface area contributed by atoms with Crippen molar-refractivity contribution in [2.24, 2.45) is 11.7 Å². The smallest absolute Gasteiger partial charge is 0.274 e. The van der Waals surface area contributed by atoms with Crippen molar-refractivity contribution >= 4 is 11.7 Å². The van der Waals surface area contributed by atoms with Gasteiger partial charge in [-0.1, -0.05) is 17.7 Å². The molecular weight excluding hydrogens is 180 g/mol. The number of aryl methyl sites for hydroxylation is 2. The van der Waals surface area contributed by atoms with E-state index in [-0.39, 0.29) is 0 Å². The average Bonchev–Trinajstić information content (AvgIpc) is 2.15. The molecule has 0 bridgehead atoms. The number of urea groups is 1. The average molecular weight is 194 g/mol. The Labute approximate surface area is 82.6 Å². The molecule has 1 aromatic carbocycles. The maximum atomic E-state index is 11.1. The summed E-state index contributed by atoms with van der Waals surface area (Å²) in [6, 6.07) is 5.06. The van der Waals surface area contributed by atoms with Crippen LogP contribution in [0.25, 0.3) is 0 Å². The quantitative estimate of drug-likeness (QED) is 0.347. The maximum Gasteiger partial charge on any atom is 0.350 e. The van der Waals surface area contributed by atoms with Crippen LogP contribution in [0.15, 0.2) is 18.2 Å². The molecule has 1 rings (SSSR count). The topological polar surface area (TPSA) is 84.4 Å². The fourth-order valence-electron chi connectivity index (χ4n) is 1.25. The van der Waals surface area contributed by atoms with Crippen molar-refractivity contribution < 1.29 is 4.79 Å². The van der Waals surface area contributed by atoms with Gasteiger partial charge in [0.2, 0.25) is 0 Å². The molecule has 0 heterocycles. The number of amides is 2. The number of carbonyl (C=O) groups excluding carboxylic acids is 1. The van der Waals surface area contributed by atoms with Gasteiger partial charge < -0.3 is 0 Å². The number of anilines is 1. The van der Waals surface area contributed by atoms with Crippen LogP contribution in [-0.2, 0) is 0 Å². The Morgan fingerprint density at radius 2 is 2.07 bits per heavy atom. The van der Waals surface area contributed by atoms with E-state index in [0.717, 1.165) is 16.1 Å². The zero-order chi connectivity index (χ0) is 10.7. The van der Waals surface area contributed by atoms with E-state index in [1.807, 2.05) is 31.4 Å². The van der Waals surface area contributed by atoms with Crippen LogP contribution < -0.4 is 22.1 Å². The number of benzene rings is 1. The van der Waals surface area contributed by atoms with Crippen molar-refractivity contribution in [3.8, 4) is 0 Å². The molecule has 76 valence electrons. The van der Waals surface area contributed by atoms with Crippen LogP contribution in [0, 0.1) is 13.8 Å². The molecule has 5 nitrogen and oxygen atoms in total. The lowest BCUT2D eigenvalue weighted by Gasteiger charge is -2.18. The molecule has 0 atom stereocenters. The summed E-state index contributed by atoms with van der Waals surface area (Å²) in [5, 5.41) is 0.981. The Kier molecular flexibility index (Phi) is 3.06. The molecule has 0 saturated carbocycles. The Balaban J connectivity index is 3.01. The molecule has 2 amide bonds. The minimum absolute atomic E-state index is 0.544. The van der Waals surface area contributed by atoms with Crippen molar-refractivity contribution in [1.82, 2.24) is 5.43 Å². The predicted octanol–water partition coefficient (Wildman–Crippen LogP) is 0.567.